The largest absolute Gasteiger partial charge is 0.330 e. The van der Waals surface area contributed by atoms with Gasteiger partial charge in [-0.25, -0.2) is 0 Å². The number of benzene rings is 1. The monoisotopic (exact) mass is 257 g/mol. The molecule has 2 rings (SSSR count). The first-order valence-electron chi connectivity index (χ1n) is 6.78. The first kappa shape index (κ1) is 13.8. The Hall–Kier alpha value is -1.61. The molecule has 0 aliphatic heterocycles. The normalized spacial score (nSPS) is 11.8. The third kappa shape index (κ3) is 2.87. The van der Waals surface area contributed by atoms with E-state index in [1.54, 1.807) is 0 Å². The third-order valence-corrected chi connectivity index (χ3v) is 3.44. The molecule has 3 nitrogen and oxygen atoms in total. The summed E-state index contributed by atoms with van der Waals surface area (Å²) in [6.07, 6.45) is 0.806. The Balaban J connectivity index is 2.40. The number of H-pyrrole nitrogens is 1. The van der Waals surface area contributed by atoms with Crippen LogP contribution in [0.15, 0.2) is 24.3 Å². The fourth-order valence-electron chi connectivity index (χ4n) is 2.32. The molecule has 0 spiro atoms. The number of hydrogen-bond donors (Lipinski definition) is 2. The van der Waals surface area contributed by atoms with E-state index in [0.717, 1.165) is 17.8 Å². The van der Waals surface area contributed by atoms with E-state index in [0.29, 0.717) is 6.54 Å². The highest BCUT2D eigenvalue weighted by molar-refractivity contribution is 5.68. The predicted octanol–water partition coefficient (Wildman–Crippen LogP) is 3.18. The van der Waals surface area contributed by atoms with E-state index in [-0.39, 0.29) is 5.41 Å². The number of aryl methyl sites for hydroxylation is 1. The van der Waals surface area contributed by atoms with E-state index >= 15 is 0 Å². The molecule has 0 aliphatic carbocycles. The summed E-state index contributed by atoms with van der Waals surface area (Å²) < 4.78 is 0. The van der Waals surface area contributed by atoms with Gasteiger partial charge in [0.25, 0.3) is 0 Å². The van der Waals surface area contributed by atoms with Crippen LogP contribution in [0, 0.1) is 6.92 Å². The molecule has 1 aromatic carbocycles. The van der Waals surface area contributed by atoms with E-state index < -0.39 is 0 Å². The first-order chi connectivity index (χ1) is 8.93. The van der Waals surface area contributed by atoms with Crippen molar-refractivity contribution in [2.24, 2.45) is 5.73 Å². The molecular formula is C16H23N3. The second-order valence-electron chi connectivity index (χ2n) is 6.04. The molecule has 0 unspecified atom stereocenters. The lowest BCUT2D eigenvalue weighted by molar-refractivity contribution is 0.590. The summed E-state index contributed by atoms with van der Waals surface area (Å²) in [5.41, 5.74) is 11.7. The van der Waals surface area contributed by atoms with Crippen molar-refractivity contribution in [1.29, 1.82) is 0 Å². The molecule has 0 saturated carbocycles. The Morgan fingerprint density at radius 1 is 1.16 bits per heavy atom. The summed E-state index contributed by atoms with van der Waals surface area (Å²) in [7, 11) is 0. The van der Waals surface area contributed by atoms with Crippen LogP contribution in [0.5, 0.6) is 0 Å². The van der Waals surface area contributed by atoms with Crippen LogP contribution in [0.2, 0.25) is 0 Å². The Bertz CT molecular complexity index is 544. The molecule has 1 aromatic heterocycles. The molecule has 0 amide bonds. The average molecular weight is 257 g/mol. The van der Waals surface area contributed by atoms with Gasteiger partial charge in [-0.2, -0.15) is 5.10 Å². The molecule has 3 heteroatoms. The highest BCUT2D eigenvalue weighted by Gasteiger charge is 2.15. The highest BCUT2D eigenvalue weighted by Crippen LogP contribution is 2.29. The van der Waals surface area contributed by atoms with Crippen molar-refractivity contribution in [1.82, 2.24) is 10.2 Å². The number of nitrogens with one attached hydrogen (secondary N) is 1. The summed E-state index contributed by atoms with van der Waals surface area (Å²) in [4.78, 5) is 0. The molecule has 102 valence electrons. The fraction of sp³-hybridized carbons (Fsp3) is 0.438. The Labute approximate surface area is 115 Å². The molecule has 0 bridgehead atoms. The van der Waals surface area contributed by atoms with Crippen LogP contribution in [0.1, 0.15) is 37.7 Å². The van der Waals surface area contributed by atoms with Crippen molar-refractivity contribution >= 4 is 0 Å². The Morgan fingerprint density at radius 3 is 2.32 bits per heavy atom. The zero-order chi connectivity index (χ0) is 14.0. The zero-order valence-electron chi connectivity index (χ0n) is 12.2. The number of nitrogens with two attached hydrogens (primary N) is 1. The number of aromatic amines is 1. The minimum Gasteiger partial charge on any atom is -0.330 e. The van der Waals surface area contributed by atoms with Gasteiger partial charge >= 0.3 is 0 Å². The first-order valence-corrected chi connectivity index (χ1v) is 6.78. The summed E-state index contributed by atoms with van der Waals surface area (Å²) in [5, 5.41) is 7.41. The van der Waals surface area contributed by atoms with Gasteiger partial charge in [0.05, 0.1) is 5.69 Å². The molecule has 19 heavy (non-hydrogen) atoms. The second-order valence-corrected chi connectivity index (χ2v) is 6.04. The lowest BCUT2D eigenvalue weighted by atomic mass is 9.86. The molecule has 0 radical (unpaired) electrons. The van der Waals surface area contributed by atoms with Crippen molar-refractivity contribution in [3.63, 3.8) is 0 Å². The van der Waals surface area contributed by atoms with Crippen molar-refractivity contribution in [2.45, 2.75) is 39.5 Å². The maximum atomic E-state index is 5.64. The number of hydrogen-bond acceptors (Lipinski definition) is 2. The second kappa shape index (κ2) is 5.17. The van der Waals surface area contributed by atoms with E-state index in [4.69, 9.17) is 5.73 Å². The van der Waals surface area contributed by atoms with Crippen LogP contribution in [0.4, 0.5) is 0 Å². The molecule has 3 N–H and O–H groups in total. The van der Waals surface area contributed by atoms with Crippen LogP contribution in [-0.2, 0) is 11.8 Å². The lowest BCUT2D eigenvalue weighted by Gasteiger charge is -2.19. The van der Waals surface area contributed by atoms with Gasteiger partial charge in [-0.15, -0.1) is 0 Å². The quantitative estimate of drug-likeness (QED) is 0.887. The third-order valence-electron chi connectivity index (χ3n) is 3.44. The van der Waals surface area contributed by atoms with Gasteiger partial charge in [0.15, 0.2) is 0 Å². The van der Waals surface area contributed by atoms with Crippen molar-refractivity contribution in [3.05, 3.63) is 41.2 Å². The summed E-state index contributed by atoms with van der Waals surface area (Å²) in [6.45, 7) is 9.36. The zero-order valence-corrected chi connectivity index (χ0v) is 12.2. The van der Waals surface area contributed by atoms with Crippen LogP contribution in [0.3, 0.4) is 0 Å². The van der Waals surface area contributed by atoms with Gasteiger partial charge in [0, 0.05) is 17.7 Å². The molecule has 2 aromatic rings. The van der Waals surface area contributed by atoms with E-state index in [1.165, 1.54) is 16.7 Å². The van der Waals surface area contributed by atoms with Gasteiger partial charge in [0.1, 0.15) is 0 Å². The van der Waals surface area contributed by atoms with E-state index in [1.807, 2.05) is 0 Å². The van der Waals surface area contributed by atoms with E-state index in [2.05, 4.69) is 62.2 Å². The number of aromatic nitrogens is 2. The average Bonchev–Trinajstić information content (AvgIpc) is 2.70. The molecule has 0 saturated heterocycles. The SMILES string of the molecule is Cc1[nH]nc(CCN)c1-c1ccc(C(C)(C)C)cc1. The molecule has 0 atom stereocenters. The van der Waals surface area contributed by atoms with Gasteiger partial charge in [-0.3, -0.25) is 5.10 Å². The van der Waals surface area contributed by atoms with Crippen LogP contribution in [0.25, 0.3) is 11.1 Å². The highest BCUT2D eigenvalue weighted by atomic mass is 15.1. The minimum atomic E-state index is 0.185. The molecular weight excluding hydrogens is 234 g/mol. The maximum Gasteiger partial charge on any atom is 0.0715 e. The smallest absolute Gasteiger partial charge is 0.0715 e. The van der Waals surface area contributed by atoms with Crippen molar-refractivity contribution < 1.29 is 0 Å². The van der Waals surface area contributed by atoms with Crippen LogP contribution >= 0.6 is 0 Å². The van der Waals surface area contributed by atoms with Gasteiger partial charge in [-0.05, 0) is 30.0 Å². The van der Waals surface area contributed by atoms with Gasteiger partial charge in [0.2, 0.25) is 0 Å². The predicted molar refractivity (Wildman–Crippen MR) is 80.2 cm³/mol. The summed E-state index contributed by atoms with van der Waals surface area (Å²) in [6, 6.07) is 8.76. The van der Waals surface area contributed by atoms with Crippen molar-refractivity contribution in [3.8, 4) is 11.1 Å². The topological polar surface area (TPSA) is 54.7 Å². The lowest BCUT2D eigenvalue weighted by Crippen LogP contribution is -2.10. The van der Waals surface area contributed by atoms with Gasteiger partial charge < -0.3 is 5.73 Å². The summed E-state index contributed by atoms with van der Waals surface area (Å²) in [5.74, 6) is 0. The van der Waals surface area contributed by atoms with Crippen molar-refractivity contribution in [2.75, 3.05) is 6.54 Å². The number of rotatable bonds is 3. The van der Waals surface area contributed by atoms with Crippen LogP contribution in [-0.4, -0.2) is 16.7 Å². The summed E-state index contributed by atoms with van der Waals surface area (Å²) >= 11 is 0. The molecule has 0 aliphatic rings. The van der Waals surface area contributed by atoms with E-state index in [9.17, 15) is 0 Å². The van der Waals surface area contributed by atoms with Gasteiger partial charge in [-0.1, -0.05) is 45.0 Å². The molecule has 1 heterocycles. The Kier molecular flexibility index (Phi) is 3.76. The molecule has 0 fully saturated rings. The van der Waals surface area contributed by atoms with Crippen LogP contribution < -0.4 is 5.73 Å². The fourth-order valence-corrected chi connectivity index (χ4v) is 2.32. The minimum absolute atomic E-state index is 0.185. The Morgan fingerprint density at radius 2 is 1.79 bits per heavy atom. The standard InChI is InChI=1S/C16H23N3/c1-11-15(14(9-10-17)19-18-11)12-5-7-13(8-6-12)16(2,3)4/h5-8H,9-10,17H2,1-4H3,(H,18,19). The number of nitrogens with zero attached hydrogens (tertiary/aromatic N) is 1. The maximum absolute atomic E-state index is 5.64.